The summed E-state index contributed by atoms with van der Waals surface area (Å²) in [6.07, 6.45) is 5.79. The van der Waals surface area contributed by atoms with Gasteiger partial charge in [0.05, 0.1) is 23.8 Å². The first-order valence-corrected chi connectivity index (χ1v) is 6.82. The smallest absolute Gasteiger partial charge is 0.399 e. The molecule has 5 nitrogen and oxygen atoms in total. The number of rotatable bonds is 1. The van der Waals surface area contributed by atoms with Gasteiger partial charge in [-0.25, -0.2) is 0 Å². The van der Waals surface area contributed by atoms with Gasteiger partial charge in [0.15, 0.2) is 0 Å². The van der Waals surface area contributed by atoms with Crippen LogP contribution in [0.25, 0.3) is 0 Å². The monoisotopic (exact) mass is 271 g/mol. The first-order valence-electron chi connectivity index (χ1n) is 6.82. The van der Waals surface area contributed by atoms with Crippen LogP contribution in [0.5, 0.6) is 0 Å². The van der Waals surface area contributed by atoms with E-state index in [0.717, 1.165) is 11.3 Å². The van der Waals surface area contributed by atoms with Crippen molar-refractivity contribution in [1.82, 2.24) is 4.90 Å². The second-order valence-corrected chi connectivity index (χ2v) is 6.30. The average molecular weight is 271 g/mol. The fraction of sp³-hybridized carbons (Fsp3) is 0.571. The molecule has 3 heterocycles. The molecule has 6 heteroatoms. The largest absolute Gasteiger partial charge is 0.496 e. The normalized spacial score (nSPS) is 29.9. The van der Waals surface area contributed by atoms with E-state index in [9.17, 15) is 0 Å². The van der Waals surface area contributed by atoms with Gasteiger partial charge in [-0.3, -0.25) is 4.99 Å². The number of hydrogen-bond acceptors (Lipinski definition) is 5. The Kier molecular flexibility index (Phi) is 2.82. The predicted octanol–water partition coefficient (Wildman–Crippen LogP) is 1.68. The van der Waals surface area contributed by atoms with Crippen LogP contribution in [0, 0.1) is 11.3 Å². The van der Waals surface area contributed by atoms with E-state index in [4.69, 9.17) is 14.6 Å². The molecule has 1 fully saturated rings. The molecule has 20 heavy (non-hydrogen) atoms. The molecule has 0 aliphatic carbocycles. The van der Waals surface area contributed by atoms with Crippen molar-refractivity contribution in [3.05, 3.63) is 23.8 Å². The highest BCUT2D eigenvalue weighted by molar-refractivity contribution is 6.55. The van der Waals surface area contributed by atoms with Gasteiger partial charge in [0.25, 0.3) is 0 Å². The lowest BCUT2D eigenvalue weighted by Crippen LogP contribution is -2.41. The zero-order valence-corrected chi connectivity index (χ0v) is 12.3. The summed E-state index contributed by atoms with van der Waals surface area (Å²) < 4.78 is 12.1. The van der Waals surface area contributed by atoms with Crippen LogP contribution in [-0.2, 0) is 9.31 Å². The molecule has 3 aliphatic rings. The third-order valence-electron chi connectivity index (χ3n) is 4.41. The molecule has 1 atom stereocenters. The van der Waals surface area contributed by atoms with Gasteiger partial charge in [0, 0.05) is 6.20 Å². The van der Waals surface area contributed by atoms with Crippen molar-refractivity contribution in [2.75, 3.05) is 6.54 Å². The van der Waals surface area contributed by atoms with E-state index in [2.05, 4.69) is 11.1 Å². The zero-order chi connectivity index (χ0) is 14.5. The highest BCUT2D eigenvalue weighted by Gasteiger charge is 2.52. The van der Waals surface area contributed by atoms with Gasteiger partial charge in [0.1, 0.15) is 11.9 Å². The average Bonchev–Trinajstić information content (AvgIpc) is 2.87. The number of amidine groups is 1. The molecule has 0 aromatic carbocycles. The van der Waals surface area contributed by atoms with Gasteiger partial charge in [-0.05, 0) is 39.2 Å². The van der Waals surface area contributed by atoms with Crippen LogP contribution < -0.4 is 0 Å². The van der Waals surface area contributed by atoms with Gasteiger partial charge < -0.3 is 14.2 Å². The van der Waals surface area contributed by atoms with Crippen LogP contribution in [0.15, 0.2) is 28.8 Å². The lowest BCUT2D eigenvalue weighted by molar-refractivity contribution is 0.00578. The van der Waals surface area contributed by atoms with E-state index in [1.165, 1.54) is 0 Å². The van der Waals surface area contributed by atoms with Crippen molar-refractivity contribution in [3.63, 3.8) is 0 Å². The summed E-state index contributed by atoms with van der Waals surface area (Å²) in [7, 11) is -0.405. The fourth-order valence-electron chi connectivity index (χ4n) is 2.40. The topological polar surface area (TPSA) is 57.8 Å². The van der Waals surface area contributed by atoms with Gasteiger partial charge in [-0.15, -0.1) is 0 Å². The van der Waals surface area contributed by atoms with Crippen LogP contribution in [0.4, 0.5) is 0 Å². The Bertz CT molecular complexity index is 555. The molecule has 3 rings (SSSR count). The van der Waals surface area contributed by atoms with Crippen molar-refractivity contribution >= 4 is 13.0 Å². The number of allylic oxidation sites excluding steroid dienone is 2. The lowest BCUT2D eigenvalue weighted by atomic mass is 9.77. The minimum absolute atomic E-state index is 0.229. The molecule has 0 aromatic rings. The summed E-state index contributed by atoms with van der Waals surface area (Å²) >= 11 is 0. The number of nitrogens with zero attached hydrogens (tertiary/aromatic N) is 3. The summed E-state index contributed by atoms with van der Waals surface area (Å²) in [5, 5.41) is 9.14. The number of aliphatic imine (C=N–C) groups is 1. The molecule has 0 saturated carbocycles. The number of hydrogen-bond donors (Lipinski definition) is 0. The summed E-state index contributed by atoms with van der Waals surface area (Å²) in [5.74, 6) is 0.830. The van der Waals surface area contributed by atoms with Crippen LogP contribution in [0.3, 0.4) is 0 Å². The van der Waals surface area contributed by atoms with Crippen molar-refractivity contribution < 1.29 is 9.31 Å². The minimum atomic E-state index is -0.405. The minimum Gasteiger partial charge on any atom is -0.399 e. The Labute approximate surface area is 119 Å². The second kappa shape index (κ2) is 4.21. The molecular weight excluding hydrogens is 253 g/mol. The van der Waals surface area contributed by atoms with Crippen molar-refractivity contribution in [2.24, 2.45) is 4.99 Å². The molecule has 0 radical (unpaired) electrons. The van der Waals surface area contributed by atoms with E-state index in [1.807, 2.05) is 50.9 Å². The molecule has 0 amide bonds. The maximum Gasteiger partial charge on any atom is 0.496 e. The highest BCUT2D eigenvalue weighted by atomic mass is 16.7. The van der Waals surface area contributed by atoms with E-state index < -0.39 is 7.12 Å². The Balaban J connectivity index is 1.85. The predicted molar refractivity (Wildman–Crippen MR) is 76.8 cm³/mol. The van der Waals surface area contributed by atoms with Crippen molar-refractivity contribution in [2.45, 2.75) is 44.9 Å². The third-order valence-corrected chi connectivity index (χ3v) is 4.41. The van der Waals surface area contributed by atoms with Gasteiger partial charge in [-0.1, -0.05) is 6.08 Å². The molecule has 3 aliphatic heterocycles. The highest BCUT2D eigenvalue weighted by Crippen LogP contribution is 2.39. The molecule has 0 bridgehead atoms. The van der Waals surface area contributed by atoms with Crippen molar-refractivity contribution in [3.8, 4) is 6.07 Å². The van der Waals surface area contributed by atoms with E-state index in [-0.39, 0.29) is 17.2 Å². The molecule has 1 saturated heterocycles. The van der Waals surface area contributed by atoms with Crippen LogP contribution in [-0.4, -0.2) is 41.6 Å². The maximum absolute atomic E-state index is 9.14. The molecule has 0 N–H and O–H groups in total. The van der Waals surface area contributed by atoms with E-state index in [0.29, 0.717) is 6.54 Å². The van der Waals surface area contributed by atoms with Crippen LogP contribution in [0.2, 0.25) is 0 Å². The molecule has 0 spiro atoms. The third kappa shape index (κ3) is 1.89. The lowest BCUT2D eigenvalue weighted by Gasteiger charge is -2.32. The number of nitriles is 1. The summed E-state index contributed by atoms with van der Waals surface area (Å²) in [5.41, 5.74) is 0.200. The fourth-order valence-corrected chi connectivity index (χ4v) is 2.40. The van der Waals surface area contributed by atoms with Gasteiger partial charge in [-0.2, -0.15) is 5.26 Å². The number of fused-ring (bicyclic) bond motifs is 1. The SMILES string of the molecule is CC1(C)OB(C2=CN3C(=NCC3C#N)C=C2)OC1(C)C. The molecule has 0 aromatic heterocycles. The quantitative estimate of drug-likeness (QED) is 0.681. The standard InChI is InChI=1S/C14H18BN3O2/c1-13(2)14(3,4)20-15(19-13)10-5-6-12-17-8-11(7-16)18(12)9-10/h5-6,9,11H,8H2,1-4H3. The first kappa shape index (κ1) is 13.4. The van der Waals surface area contributed by atoms with Crippen LogP contribution >= 0.6 is 0 Å². The zero-order valence-electron chi connectivity index (χ0n) is 12.3. The van der Waals surface area contributed by atoms with Crippen LogP contribution in [0.1, 0.15) is 27.7 Å². The van der Waals surface area contributed by atoms with Gasteiger partial charge >= 0.3 is 7.12 Å². The Morgan fingerprint density at radius 3 is 2.55 bits per heavy atom. The Morgan fingerprint density at radius 1 is 1.30 bits per heavy atom. The summed E-state index contributed by atoms with van der Waals surface area (Å²) in [6, 6.07) is 2.03. The molecular formula is C14H18BN3O2. The van der Waals surface area contributed by atoms with Crippen molar-refractivity contribution in [1.29, 1.82) is 5.26 Å². The summed E-state index contributed by atoms with van der Waals surface area (Å²) in [6.45, 7) is 8.63. The summed E-state index contributed by atoms with van der Waals surface area (Å²) in [4.78, 5) is 6.22. The molecule has 1 unspecified atom stereocenters. The second-order valence-electron chi connectivity index (χ2n) is 6.30. The first-order chi connectivity index (χ1) is 9.34. The maximum atomic E-state index is 9.14. The molecule has 104 valence electrons. The Hall–Kier alpha value is -1.58. The Morgan fingerprint density at radius 2 is 1.95 bits per heavy atom. The van der Waals surface area contributed by atoms with E-state index in [1.54, 1.807) is 0 Å². The van der Waals surface area contributed by atoms with E-state index >= 15 is 0 Å². The van der Waals surface area contributed by atoms with Gasteiger partial charge in [0.2, 0.25) is 0 Å².